The Balaban J connectivity index is 1.99. The first-order chi connectivity index (χ1) is 12.0. The number of hydrogen-bond donors (Lipinski definition) is 1. The van der Waals surface area contributed by atoms with Gasteiger partial charge in [0.25, 0.3) is 5.56 Å². The van der Waals surface area contributed by atoms with E-state index in [1.165, 1.54) is 26.0 Å². The van der Waals surface area contributed by atoms with E-state index in [1.807, 2.05) is 24.3 Å². The molecule has 0 radical (unpaired) electrons. The molecule has 8 heteroatoms. The van der Waals surface area contributed by atoms with Crippen LogP contribution in [0.3, 0.4) is 0 Å². The molecular formula is C17H16ClN3O3S. The number of aromatic nitrogens is 2. The molecule has 2 aromatic carbocycles. The molecule has 0 bridgehead atoms. The van der Waals surface area contributed by atoms with Gasteiger partial charge in [0.1, 0.15) is 0 Å². The van der Waals surface area contributed by atoms with Crippen LogP contribution in [0.2, 0.25) is 5.02 Å². The lowest BCUT2D eigenvalue weighted by Gasteiger charge is -2.11. The molecule has 1 heterocycles. The van der Waals surface area contributed by atoms with Crippen LogP contribution in [0, 0.1) is 0 Å². The number of ether oxygens (including phenoxy) is 2. The molecule has 0 amide bonds. The summed E-state index contributed by atoms with van der Waals surface area (Å²) in [5.74, 6) is 7.50. The fourth-order valence-corrected chi connectivity index (χ4v) is 3.34. The van der Waals surface area contributed by atoms with Crippen LogP contribution < -0.4 is 20.9 Å². The summed E-state index contributed by atoms with van der Waals surface area (Å²) in [4.78, 5) is 17.0. The van der Waals surface area contributed by atoms with E-state index in [0.717, 1.165) is 10.2 Å². The summed E-state index contributed by atoms with van der Waals surface area (Å²) in [6.07, 6.45) is 0. The van der Waals surface area contributed by atoms with Crippen molar-refractivity contribution in [3.8, 4) is 11.5 Å². The average molecular weight is 378 g/mol. The highest BCUT2D eigenvalue weighted by Gasteiger charge is 2.14. The van der Waals surface area contributed by atoms with Gasteiger partial charge in [0.15, 0.2) is 16.7 Å². The van der Waals surface area contributed by atoms with Gasteiger partial charge in [-0.3, -0.25) is 4.79 Å². The molecule has 0 saturated heterocycles. The van der Waals surface area contributed by atoms with Crippen LogP contribution in [0.5, 0.6) is 11.5 Å². The number of benzene rings is 2. The van der Waals surface area contributed by atoms with Crippen molar-refractivity contribution in [3.63, 3.8) is 0 Å². The molecule has 0 aliphatic carbocycles. The molecule has 2 N–H and O–H groups in total. The van der Waals surface area contributed by atoms with Gasteiger partial charge >= 0.3 is 0 Å². The molecule has 25 heavy (non-hydrogen) atoms. The van der Waals surface area contributed by atoms with Crippen molar-refractivity contribution in [2.45, 2.75) is 10.9 Å². The van der Waals surface area contributed by atoms with Crippen LogP contribution in [-0.4, -0.2) is 23.9 Å². The third-order valence-electron chi connectivity index (χ3n) is 3.65. The smallest absolute Gasteiger partial charge is 0.280 e. The predicted octanol–water partition coefficient (Wildman–Crippen LogP) is 3.07. The van der Waals surface area contributed by atoms with Crippen molar-refractivity contribution >= 4 is 34.3 Å². The third-order valence-corrected chi connectivity index (χ3v) is 4.93. The minimum absolute atomic E-state index is 0.343. The van der Waals surface area contributed by atoms with Crippen molar-refractivity contribution in [1.82, 2.24) is 9.66 Å². The first kappa shape index (κ1) is 17.4. The number of nitrogens with two attached hydrogens (primary N) is 1. The summed E-state index contributed by atoms with van der Waals surface area (Å²) in [5, 5.41) is 1.46. The fourth-order valence-electron chi connectivity index (χ4n) is 2.34. The monoisotopic (exact) mass is 377 g/mol. The average Bonchev–Trinajstić information content (AvgIpc) is 2.63. The van der Waals surface area contributed by atoms with E-state index < -0.39 is 0 Å². The Bertz CT molecular complexity index is 974. The van der Waals surface area contributed by atoms with Crippen molar-refractivity contribution in [1.29, 1.82) is 0 Å². The molecule has 3 aromatic rings. The normalized spacial score (nSPS) is 10.8. The molecule has 0 aliphatic heterocycles. The maximum absolute atomic E-state index is 12.5. The van der Waals surface area contributed by atoms with E-state index >= 15 is 0 Å². The van der Waals surface area contributed by atoms with Crippen LogP contribution in [0.15, 0.2) is 46.3 Å². The van der Waals surface area contributed by atoms with E-state index in [-0.39, 0.29) is 5.56 Å². The molecule has 130 valence electrons. The molecule has 3 rings (SSSR count). The van der Waals surface area contributed by atoms with Gasteiger partial charge in [-0.05, 0) is 23.8 Å². The number of nitrogens with zero attached hydrogens (tertiary/aromatic N) is 2. The lowest BCUT2D eigenvalue weighted by Crippen LogP contribution is -2.29. The highest BCUT2D eigenvalue weighted by Crippen LogP contribution is 2.31. The van der Waals surface area contributed by atoms with Gasteiger partial charge < -0.3 is 15.3 Å². The number of nitrogen functional groups attached to an aromatic ring is 1. The largest absolute Gasteiger partial charge is 0.493 e. The zero-order chi connectivity index (χ0) is 18.0. The standard InChI is InChI=1S/C17H16ClN3O3S/c1-23-14-7-12-13(8-15(14)24-2)20-17(21(19)16(12)22)25-9-10-3-5-11(18)6-4-10/h3-8H,9,19H2,1-2H3. The number of rotatable bonds is 5. The zero-order valence-electron chi connectivity index (χ0n) is 13.7. The van der Waals surface area contributed by atoms with Crippen LogP contribution in [-0.2, 0) is 5.75 Å². The van der Waals surface area contributed by atoms with Crippen molar-refractivity contribution in [3.05, 3.63) is 57.3 Å². The number of halogens is 1. The Kier molecular flexibility index (Phi) is 5.06. The molecule has 0 atom stereocenters. The molecule has 0 aliphatic rings. The van der Waals surface area contributed by atoms with Crippen molar-refractivity contribution < 1.29 is 9.47 Å². The second-order valence-electron chi connectivity index (χ2n) is 5.21. The molecule has 0 unspecified atom stereocenters. The van der Waals surface area contributed by atoms with Gasteiger partial charge in [-0.2, -0.15) is 0 Å². The van der Waals surface area contributed by atoms with Crippen LogP contribution in [0.1, 0.15) is 5.56 Å². The maximum Gasteiger partial charge on any atom is 0.280 e. The predicted molar refractivity (Wildman–Crippen MR) is 100 cm³/mol. The van der Waals surface area contributed by atoms with Gasteiger partial charge in [0, 0.05) is 16.8 Å². The van der Waals surface area contributed by atoms with Gasteiger partial charge in [0.05, 0.1) is 25.1 Å². The van der Waals surface area contributed by atoms with E-state index in [4.69, 9.17) is 26.9 Å². The number of fused-ring (bicyclic) bond motifs is 1. The second kappa shape index (κ2) is 7.25. The van der Waals surface area contributed by atoms with Gasteiger partial charge in [-0.15, -0.1) is 0 Å². The van der Waals surface area contributed by atoms with Crippen LogP contribution in [0.25, 0.3) is 10.9 Å². The summed E-state index contributed by atoms with van der Waals surface area (Å²) >= 11 is 7.26. The minimum atomic E-state index is -0.343. The Morgan fingerprint density at radius 3 is 2.44 bits per heavy atom. The third kappa shape index (κ3) is 3.52. The lowest BCUT2D eigenvalue weighted by molar-refractivity contribution is 0.355. The molecule has 1 aromatic heterocycles. The Labute approximate surface area is 153 Å². The zero-order valence-corrected chi connectivity index (χ0v) is 15.2. The lowest BCUT2D eigenvalue weighted by atomic mass is 10.2. The highest BCUT2D eigenvalue weighted by molar-refractivity contribution is 7.98. The van der Waals surface area contributed by atoms with Gasteiger partial charge in [-0.1, -0.05) is 35.5 Å². The Morgan fingerprint density at radius 2 is 1.80 bits per heavy atom. The molecule has 0 saturated carbocycles. The van der Waals surface area contributed by atoms with E-state index in [9.17, 15) is 4.79 Å². The van der Waals surface area contributed by atoms with Gasteiger partial charge in [-0.25, -0.2) is 9.66 Å². The first-order valence-electron chi connectivity index (χ1n) is 7.34. The second-order valence-corrected chi connectivity index (χ2v) is 6.59. The molecule has 0 spiro atoms. The summed E-state index contributed by atoms with van der Waals surface area (Å²) in [6, 6.07) is 10.7. The fraction of sp³-hybridized carbons (Fsp3) is 0.176. The van der Waals surface area contributed by atoms with E-state index in [0.29, 0.717) is 38.3 Å². The van der Waals surface area contributed by atoms with Crippen LogP contribution in [0.4, 0.5) is 0 Å². The van der Waals surface area contributed by atoms with Crippen molar-refractivity contribution in [2.75, 3.05) is 20.1 Å². The minimum Gasteiger partial charge on any atom is -0.493 e. The number of hydrogen-bond acceptors (Lipinski definition) is 6. The van der Waals surface area contributed by atoms with Gasteiger partial charge in [0.2, 0.25) is 0 Å². The number of methoxy groups -OCH3 is 2. The quantitative estimate of drug-likeness (QED) is 0.418. The van der Waals surface area contributed by atoms with E-state index in [2.05, 4.69) is 4.98 Å². The SMILES string of the molecule is COc1cc2nc(SCc3ccc(Cl)cc3)n(N)c(=O)c2cc1OC. The topological polar surface area (TPSA) is 79.4 Å². The summed E-state index contributed by atoms with van der Waals surface area (Å²) in [5.41, 5.74) is 1.21. The number of thioether (sulfide) groups is 1. The molecular weight excluding hydrogens is 362 g/mol. The Hall–Kier alpha value is -2.38. The maximum atomic E-state index is 12.5. The Morgan fingerprint density at radius 1 is 1.16 bits per heavy atom. The van der Waals surface area contributed by atoms with E-state index in [1.54, 1.807) is 12.1 Å². The summed E-state index contributed by atoms with van der Waals surface area (Å²) < 4.78 is 11.5. The van der Waals surface area contributed by atoms with Crippen molar-refractivity contribution in [2.24, 2.45) is 0 Å². The van der Waals surface area contributed by atoms with Crippen LogP contribution >= 0.6 is 23.4 Å². The summed E-state index contributed by atoms with van der Waals surface area (Å²) in [6.45, 7) is 0. The first-order valence-corrected chi connectivity index (χ1v) is 8.71. The molecule has 0 fully saturated rings. The summed E-state index contributed by atoms with van der Waals surface area (Å²) in [7, 11) is 3.04. The highest BCUT2D eigenvalue weighted by atomic mass is 35.5. The molecule has 6 nitrogen and oxygen atoms in total.